The van der Waals surface area contributed by atoms with Gasteiger partial charge in [-0.1, -0.05) is 60.7 Å². The average molecular weight is 313 g/mol. The van der Waals surface area contributed by atoms with Crippen molar-refractivity contribution in [2.75, 3.05) is 7.11 Å². The van der Waals surface area contributed by atoms with E-state index in [1.54, 1.807) is 0 Å². The van der Waals surface area contributed by atoms with Gasteiger partial charge >= 0.3 is 0 Å². The van der Waals surface area contributed by atoms with Crippen molar-refractivity contribution in [1.82, 2.24) is 5.32 Å². The first-order valence-corrected chi connectivity index (χ1v) is 7.73. The summed E-state index contributed by atoms with van der Waals surface area (Å²) in [6.45, 7) is 1.88. The zero-order chi connectivity index (χ0) is 16.7. The summed E-state index contributed by atoms with van der Waals surface area (Å²) in [7, 11) is 1.51. The first-order chi connectivity index (χ1) is 11.1. The molecule has 3 atom stereocenters. The molecular weight excluding hydrogens is 290 g/mol. The molecule has 0 radical (unpaired) electrons. The molecule has 0 saturated heterocycles. The Labute approximate surface area is 137 Å². The van der Waals surface area contributed by atoms with Crippen LogP contribution in [0.3, 0.4) is 0 Å². The highest BCUT2D eigenvalue weighted by molar-refractivity contribution is 5.82. The first kappa shape index (κ1) is 17.2. The first-order valence-electron chi connectivity index (χ1n) is 7.73. The van der Waals surface area contributed by atoms with Crippen LogP contribution < -0.4 is 5.32 Å². The molecule has 0 spiro atoms. The minimum absolute atomic E-state index is 0.168. The monoisotopic (exact) mass is 313 g/mol. The molecule has 0 bridgehead atoms. The Morgan fingerprint density at radius 1 is 1.04 bits per heavy atom. The molecule has 4 heteroatoms. The number of methoxy groups -OCH3 is 1. The lowest BCUT2D eigenvalue weighted by atomic mass is 10.0. The van der Waals surface area contributed by atoms with E-state index in [1.807, 2.05) is 67.6 Å². The van der Waals surface area contributed by atoms with Crippen molar-refractivity contribution in [2.45, 2.75) is 31.6 Å². The van der Waals surface area contributed by atoms with E-state index in [4.69, 9.17) is 4.74 Å². The Hall–Kier alpha value is -2.17. The lowest BCUT2D eigenvalue weighted by Gasteiger charge is -2.21. The van der Waals surface area contributed by atoms with Crippen molar-refractivity contribution in [3.8, 4) is 0 Å². The second-order valence-corrected chi connectivity index (χ2v) is 5.60. The Balaban J connectivity index is 1.93. The molecule has 1 amide bonds. The number of aliphatic hydroxyl groups is 1. The van der Waals surface area contributed by atoms with Gasteiger partial charge in [-0.3, -0.25) is 4.79 Å². The Morgan fingerprint density at radius 2 is 1.57 bits per heavy atom. The maximum absolute atomic E-state index is 12.4. The zero-order valence-corrected chi connectivity index (χ0v) is 13.5. The van der Waals surface area contributed by atoms with E-state index >= 15 is 0 Å². The number of carbonyl (C=O) groups is 1. The Bertz CT molecular complexity index is 601. The maximum Gasteiger partial charge on any atom is 0.253 e. The van der Waals surface area contributed by atoms with Crippen LogP contribution in [-0.2, 0) is 9.53 Å². The highest BCUT2D eigenvalue weighted by Gasteiger charge is 2.22. The fraction of sp³-hybridized carbons (Fsp3) is 0.316. The van der Waals surface area contributed by atoms with Gasteiger partial charge in [0.15, 0.2) is 6.10 Å². The molecule has 0 fully saturated rings. The number of benzene rings is 2. The minimum Gasteiger partial charge on any atom is -0.388 e. The van der Waals surface area contributed by atoms with Crippen LogP contribution in [0.5, 0.6) is 0 Å². The topological polar surface area (TPSA) is 58.6 Å². The Morgan fingerprint density at radius 3 is 2.09 bits per heavy atom. The van der Waals surface area contributed by atoms with Gasteiger partial charge in [-0.2, -0.15) is 0 Å². The van der Waals surface area contributed by atoms with Crippen LogP contribution in [0.15, 0.2) is 60.7 Å². The van der Waals surface area contributed by atoms with Crippen LogP contribution in [-0.4, -0.2) is 24.2 Å². The molecule has 23 heavy (non-hydrogen) atoms. The molecule has 3 unspecified atom stereocenters. The van der Waals surface area contributed by atoms with E-state index < -0.39 is 12.2 Å². The van der Waals surface area contributed by atoms with Gasteiger partial charge in [-0.05, 0) is 24.5 Å². The molecule has 2 N–H and O–H groups in total. The summed E-state index contributed by atoms with van der Waals surface area (Å²) in [4.78, 5) is 12.4. The van der Waals surface area contributed by atoms with Crippen LogP contribution in [0.25, 0.3) is 0 Å². The summed E-state index contributed by atoms with van der Waals surface area (Å²) in [5.74, 6) is -0.202. The van der Waals surface area contributed by atoms with Gasteiger partial charge in [0.2, 0.25) is 0 Å². The van der Waals surface area contributed by atoms with Crippen molar-refractivity contribution >= 4 is 5.91 Å². The number of ether oxygens (including phenoxy) is 1. The molecule has 122 valence electrons. The van der Waals surface area contributed by atoms with E-state index in [2.05, 4.69) is 5.32 Å². The average Bonchev–Trinajstić information content (AvgIpc) is 2.57. The molecule has 4 nitrogen and oxygen atoms in total. The second-order valence-electron chi connectivity index (χ2n) is 5.60. The molecule has 0 aliphatic rings. The molecule has 0 aliphatic carbocycles. The van der Waals surface area contributed by atoms with Gasteiger partial charge < -0.3 is 15.2 Å². The van der Waals surface area contributed by atoms with Crippen molar-refractivity contribution < 1.29 is 14.6 Å². The van der Waals surface area contributed by atoms with Crippen molar-refractivity contribution in [3.63, 3.8) is 0 Å². The van der Waals surface area contributed by atoms with Gasteiger partial charge in [0.05, 0.1) is 6.10 Å². The third kappa shape index (κ3) is 4.91. The van der Waals surface area contributed by atoms with Gasteiger partial charge in [-0.15, -0.1) is 0 Å². The molecule has 2 aromatic carbocycles. The molecular formula is C19H23NO3. The number of hydrogen-bond donors (Lipinski definition) is 2. The number of aliphatic hydroxyl groups excluding tert-OH is 1. The van der Waals surface area contributed by atoms with E-state index in [-0.39, 0.29) is 11.9 Å². The summed E-state index contributed by atoms with van der Waals surface area (Å²) in [5.41, 5.74) is 1.66. The number of rotatable bonds is 7. The zero-order valence-electron chi connectivity index (χ0n) is 13.5. The highest BCUT2D eigenvalue weighted by atomic mass is 16.5. The van der Waals surface area contributed by atoms with Gasteiger partial charge in [0.1, 0.15) is 0 Å². The third-order valence-corrected chi connectivity index (χ3v) is 3.73. The van der Waals surface area contributed by atoms with Crippen LogP contribution >= 0.6 is 0 Å². The standard InChI is InChI=1S/C19H23NO3/c1-14(13-17(21)15-9-5-3-6-10-15)20-19(22)18(23-2)16-11-7-4-8-12-16/h3-12,14,17-18,21H,13H2,1-2H3,(H,20,22). The summed E-state index contributed by atoms with van der Waals surface area (Å²) >= 11 is 0. The van der Waals surface area contributed by atoms with Crippen LogP contribution in [0.1, 0.15) is 36.7 Å². The number of hydrogen-bond acceptors (Lipinski definition) is 3. The summed E-state index contributed by atoms with van der Waals surface area (Å²) < 4.78 is 5.31. The number of nitrogens with one attached hydrogen (secondary N) is 1. The normalized spacial score (nSPS) is 14.7. The lowest BCUT2D eigenvalue weighted by Crippen LogP contribution is -2.37. The second kappa shape index (κ2) is 8.46. The predicted octanol–water partition coefficient (Wildman–Crippen LogP) is 3.00. The third-order valence-electron chi connectivity index (χ3n) is 3.73. The predicted molar refractivity (Wildman–Crippen MR) is 89.8 cm³/mol. The van der Waals surface area contributed by atoms with Gasteiger partial charge in [0, 0.05) is 13.2 Å². The van der Waals surface area contributed by atoms with Crippen molar-refractivity contribution in [1.29, 1.82) is 0 Å². The summed E-state index contributed by atoms with van der Waals surface area (Å²) in [5, 5.41) is 13.1. The molecule has 0 aliphatic heterocycles. The lowest BCUT2D eigenvalue weighted by molar-refractivity contribution is -0.132. The van der Waals surface area contributed by atoms with E-state index in [1.165, 1.54) is 7.11 Å². The van der Waals surface area contributed by atoms with E-state index in [0.717, 1.165) is 11.1 Å². The van der Waals surface area contributed by atoms with Crippen LogP contribution in [0.4, 0.5) is 0 Å². The molecule has 0 heterocycles. The van der Waals surface area contributed by atoms with E-state index in [0.29, 0.717) is 6.42 Å². The maximum atomic E-state index is 12.4. The van der Waals surface area contributed by atoms with Crippen LogP contribution in [0.2, 0.25) is 0 Å². The minimum atomic E-state index is -0.646. The fourth-order valence-electron chi connectivity index (χ4n) is 2.55. The molecule has 2 aromatic rings. The fourth-order valence-corrected chi connectivity index (χ4v) is 2.55. The van der Waals surface area contributed by atoms with Crippen LogP contribution in [0, 0.1) is 0 Å². The largest absolute Gasteiger partial charge is 0.388 e. The SMILES string of the molecule is COC(C(=O)NC(C)CC(O)c1ccccc1)c1ccccc1. The molecule has 0 saturated carbocycles. The van der Waals surface area contributed by atoms with Crippen molar-refractivity contribution in [2.24, 2.45) is 0 Å². The smallest absolute Gasteiger partial charge is 0.253 e. The summed E-state index contributed by atoms with van der Waals surface area (Å²) in [6.07, 6.45) is -0.808. The molecule has 0 aromatic heterocycles. The van der Waals surface area contributed by atoms with Crippen molar-refractivity contribution in [3.05, 3.63) is 71.8 Å². The highest BCUT2D eigenvalue weighted by Crippen LogP contribution is 2.20. The quantitative estimate of drug-likeness (QED) is 0.826. The van der Waals surface area contributed by atoms with Gasteiger partial charge in [0.25, 0.3) is 5.91 Å². The molecule has 2 rings (SSSR count). The summed E-state index contributed by atoms with van der Waals surface area (Å²) in [6, 6.07) is 18.6. The number of carbonyl (C=O) groups excluding carboxylic acids is 1. The Kier molecular flexibility index (Phi) is 6.32. The number of amides is 1. The van der Waals surface area contributed by atoms with E-state index in [9.17, 15) is 9.90 Å². The van der Waals surface area contributed by atoms with Gasteiger partial charge in [-0.25, -0.2) is 0 Å².